The molecule has 1 aliphatic heterocycles. The van der Waals surface area contributed by atoms with Crippen LogP contribution in [0.25, 0.3) is 0 Å². The molecular weight excluding hydrogens is 292 g/mol. The van der Waals surface area contributed by atoms with Gasteiger partial charge in [-0.25, -0.2) is 0 Å². The van der Waals surface area contributed by atoms with Crippen molar-refractivity contribution in [3.8, 4) is 11.5 Å². The molecular formula is C18H20N2O3. The van der Waals surface area contributed by atoms with Crippen molar-refractivity contribution in [3.63, 3.8) is 0 Å². The molecule has 1 aromatic carbocycles. The number of carbonyl (C=O) groups is 1. The molecule has 0 N–H and O–H groups in total. The molecule has 5 nitrogen and oxygen atoms in total. The van der Waals surface area contributed by atoms with Gasteiger partial charge in [-0.05, 0) is 31.5 Å². The Morgan fingerprint density at radius 1 is 1.26 bits per heavy atom. The number of hydrogen-bond donors (Lipinski definition) is 0. The van der Waals surface area contributed by atoms with Gasteiger partial charge in [0.05, 0.1) is 6.10 Å². The number of pyridine rings is 1. The van der Waals surface area contributed by atoms with E-state index >= 15 is 0 Å². The zero-order chi connectivity index (χ0) is 16.1. The molecule has 1 unspecified atom stereocenters. The van der Waals surface area contributed by atoms with Gasteiger partial charge in [-0.3, -0.25) is 9.78 Å². The van der Waals surface area contributed by atoms with E-state index in [4.69, 9.17) is 9.47 Å². The van der Waals surface area contributed by atoms with Crippen molar-refractivity contribution >= 4 is 5.91 Å². The third-order valence-corrected chi connectivity index (χ3v) is 3.67. The lowest BCUT2D eigenvalue weighted by Gasteiger charge is -2.21. The molecule has 2 aromatic rings. The van der Waals surface area contributed by atoms with E-state index in [-0.39, 0.29) is 12.0 Å². The van der Waals surface area contributed by atoms with Crippen molar-refractivity contribution in [2.75, 3.05) is 19.7 Å². The van der Waals surface area contributed by atoms with E-state index in [1.807, 2.05) is 37.3 Å². The van der Waals surface area contributed by atoms with E-state index in [2.05, 4.69) is 4.98 Å². The summed E-state index contributed by atoms with van der Waals surface area (Å²) in [4.78, 5) is 18.7. The number of rotatable bonds is 3. The van der Waals surface area contributed by atoms with E-state index in [0.29, 0.717) is 31.1 Å². The molecule has 120 valence electrons. The maximum Gasteiger partial charge on any atom is 0.272 e. The Balaban J connectivity index is 1.74. The summed E-state index contributed by atoms with van der Waals surface area (Å²) in [6.07, 6.45) is 2.49. The first kappa shape index (κ1) is 15.5. The smallest absolute Gasteiger partial charge is 0.272 e. The average Bonchev–Trinajstić information content (AvgIpc) is 2.80. The minimum absolute atomic E-state index is 0.0465. The third-order valence-electron chi connectivity index (χ3n) is 3.67. The highest BCUT2D eigenvalue weighted by atomic mass is 16.5. The predicted octanol–water partition coefficient (Wildman–Crippen LogP) is 3.12. The highest BCUT2D eigenvalue weighted by Crippen LogP contribution is 2.21. The summed E-state index contributed by atoms with van der Waals surface area (Å²) >= 11 is 0. The molecule has 1 fully saturated rings. The summed E-state index contributed by atoms with van der Waals surface area (Å²) in [6.45, 7) is 3.95. The van der Waals surface area contributed by atoms with Gasteiger partial charge in [-0.2, -0.15) is 0 Å². The van der Waals surface area contributed by atoms with E-state index in [1.54, 1.807) is 23.2 Å². The van der Waals surface area contributed by atoms with Crippen molar-refractivity contribution in [1.29, 1.82) is 0 Å². The fraction of sp³-hybridized carbons (Fsp3) is 0.333. The van der Waals surface area contributed by atoms with Crippen LogP contribution in [-0.4, -0.2) is 41.6 Å². The van der Waals surface area contributed by atoms with Crippen LogP contribution in [0.5, 0.6) is 11.5 Å². The molecule has 1 aromatic heterocycles. The molecule has 0 aliphatic carbocycles. The predicted molar refractivity (Wildman–Crippen MR) is 86.7 cm³/mol. The summed E-state index contributed by atoms with van der Waals surface area (Å²) in [5, 5.41) is 0. The number of amides is 1. The van der Waals surface area contributed by atoms with Crippen molar-refractivity contribution in [2.45, 2.75) is 19.4 Å². The maximum absolute atomic E-state index is 12.7. The van der Waals surface area contributed by atoms with Crippen molar-refractivity contribution in [2.24, 2.45) is 0 Å². The van der Waals surface area contributed by atoms with Gasteiger partial charge in [0.25, 0.3) is 5.91 Å². The second-order valence-electron chi connectivity index (χ2n) is 5.58. The zero-order valence-corrected chi connectivity index (χ0v) is 13.1. The van der Waals surface area contributed by atoms with Crippen LogP contribution in [0.4, 0.5) is 0 Å². The zero-order valence-electron chi connectivity index (χ0n) is 13.1. The van der Waals surface area contributed by atoms with Gasteiger partial charge in [0.1, 0.15) is 17.2 Å². The van der Waals surface area contributed by atoms with Gasteiger partial charge in [0.15, 0.2) is 0 Å². The number of ether oxygens (including phenoxy) is 2. The fourth-order valence-electron chi connectivity index (χ4n) is 2.56. The molecule has 0 radical (unpaired) electrons. The molecule has 5 heteroatoms. The summed E-state index contributed by atoms with van der Waals surface area (Å²) < 4.78 is 11.3. The van der Waals surface area contributed by atoms with Crippen LogP contribution in [0, 0.1) is 0 Å². The van der Waals surface area contributed by atoms with E-state index in [1.165, 1.54) is 0 Å². The first-order chi connectivity index (χ1) is 11.2. The highest BCUT2D eigenvalue weighted by Gasteiger charge is 2.22. The van der Waals surface area contributed by atoms with Crippen LogP contribution in [-0.2, 0) is 4.74 Å². The van der Waals surface area contributed by atoms with Crippen LogP contribution >= 0.6 is 0 Å². The molecule has 2 heterocycles. The third kappa shape index (κ3) is 4.07. The molecule has 0 saturated carbocycles. The number of para-hydroxylation sites is 1. The number of carbonyl (C=O) groups excluding carboxylic acids is 1. The summed E-state index contributed by atoms with van der Waals surface area (Å²) in [5.41, 5.74) is 0.396. The first-order valence-corrected chi connectivity index (χ1v) is 7.82. The molecule has 0 spiro atoms. The summed E-state index contributed by atoms with van der Waals surface area (Å²) in [7, 11) is 0. The second-order valence-corrected chi connectivity index (χ2v) is 5.58. The van der Waals surface area contributed by atoms with E-state index < -0.39 is 0 Å². The molecule has 23 heavy (non-hydrogen) atoms. The Morgan fingerprint density at radius 3 is 2.91 bits per heavy atom. The Kier molecular flexibility index (Phi) is 4.88. The lowest BCUT2D eigenvalue weighted by molar-refractivity contribution is 0.0559. The van der Waals surface area contributed by atoms with Crippen LogP contribution in [0.15, 0.2) is 48.7 Å². The maximum atomic E-state index is 12.7. The summed E-state index contributed by atoms with van der Waals surface area (Å²) in [5.74, 6) is 1.25. The normalized spacial score (nSPS) is 18.3. The Morgan fingerprint density at radius 2 is 2.09 bits per heavy atom. The van der Waals surface area contributed by atoms with E-state index in [0.717, 1.165) is 12.2 Å². The molecule has 3 rings (SSSR count). The Hall–Kier alpha value is -2.40. The number of nitrogens with zero attached hydrogens (tertiary/aromatic N) is 2. The molecule has 1 amide bonds. The van der Waals surface area contributed by atoms with Crippen LogP contribution in [0.2, 0.25) is 0 Å². The molecule has 1 atom stereocenters. The van der Waals surface area contributed by atoms with Crippen LogP contribution in [0.3, 0.4) is 0 Å². The minimum atomic E-state index is -0.0825. The van der Waals surface area contributed by atoms with Gasteiger partial charge >= 0.3 is 0 Å². The molecule has 1 aliphatic rings. The minimum Gasteiger partial charge on any atom is -0.457 e. The lowest BCUT2D eigenvalue weighted by atomic mass is 10.2. The summed E-state index contributed by atoms with van der Waals surface area (Å²) in [6, 6.07) is 12.9. The molecule has 0 bridgehead atoms. The van der Waals surface area contributed by atoms with Gasteiger partial charge in [0.2, 0.25) is 0 Å². The average molecular weight is 312 g/mol. The van der Waals surface area contributed by atoms with Gasteiger partial charge in [-0.1, -0.05) is 18.2 Å². The number of aromatic nitrogens is 1. The SMILES string of the molecule is CC1CN(C(=O)c2cc(Oc3ccccc3)ccn2)CCCO1. The number of benzene rings is 1. The van der Waals surface area contributed by atoms with Crippen molar-refractivity contribution in [3.05, 3.63) is 54.4 Å². The largest absolute Gasteiger partial charge is 0.457 e. The molecule has 1 saturated heterocycles. The van der Waals surface area contributed by atoms with Crippen LogP contribution in [0.1, 0.15) is 23.8 Å². The van der Waals surface area contributed by atoms with Gasteiger partial charge in [0, 0.05) is 32.0 Å². The van der Waals surface area contributed by atoms with E-state index in [9.17, 15) is 4.79 Å². The van der Waals surface area contributed by atoms with Crippen LogP contribution < -0.4 is 4.74 Å². The Bertz CT molecular complexity index is 660. The van der Waals surface area contributed by atoms with Gasteiger partial charge in [-0.15, -0.1) is 0 Å². The quantitative estimate of drug-likeness (QED) is 0.874. The van der Waals surface area contributed by atoms with Gasteiger partial charge < -0.3 is 14.4 Å². The monoisotopic (exact) mass is 312 g/mol. The topological polar surface area (TPSA) is 51.7 Å². The Labute approximate surface area is 135 Å². The fourth-order valence-corrected chi connectivity index (χ4v) is 2.56. The van der Waals surface area contributed by atoms with Crippen molar-refractivity contribution < 1.29 is 14.3 Å². The van der Waals surface area contributed by atoms with Crippen molar-refractivity contribution in [1.82, 2.24) is 9.88 Å². The lowest BCUT2D eigenvalue weighted by Crippen LogP contribution is -2.36. The number of hydrogen-bond acceptors (Lipinski definition) is 4. The standard InChI is InChI=1S/C18H20N2O3/c1-14-13-20(10-5-11-22-14)18(21)17-12-16(8-9-19-17)23-15-6-3-2-4-7-15/h2-4,6-9,12,14H,5,10-11,13H2,1H3. The second kappa shape index (κ2) is 7.24. The highest BCUT2D eigenvalue weighted by molar-refractivity contribution is 5.92. The first-order valence-electron chi connectivity index (χ1n) is 7.82.